The SMILES string of the molecule is Cc1nnc(CN2C[C@@H](F)C[C@H]2CO)n1C1CC1. The lowest BCUT2D eigenvalue weighted by Gasteiger charge is -2.21. The first kappa shape index (κ1) is 12.0. The maximum atomic E-state index is 13.4. The highest BCUT2D eigenvalue weighted by Crippen LogP contribution is 2.37. The lowest BCUT2D eigenvalue weighted by molar-refractivity contribution is 0.149. The molecule has 2 fully saturated rings. The van der Waals surface area contributed by atoms with E-state index >= 15 is 0 Å². The van der Waals surface area contributed by atoms with Gasteiger partial charge in [0.25, 0.3) is 0 Å². The second-order valence-electron chi connectivity index (χ2n) is 5.36. The predicted molar refractivity (Wildman–Crippen MR) is 63.8 cm³/mol. The maximum Gasteiger partial charge on any atom is 0.147 e. The van der Waals surface area contributed by atoms with Gasteiger partial charge in [-0.05, 0) is 26.2 Å². The summed E-state index contributed by atoms with van der Waals surface area (Å²) in [7, 11) is 0. The third-order valence-corrected chi connectivity index (χ3v) is 3.88. The van der Waals surface area contributed by atoms with E-state index in [1.54, 1.807) is 0 Å². The normalized spacial score (nSPS) is 29.1. The van der Waals surface area contributed by atoms with Crippen molar-refractivity contribution in [3.8, 4) is 0 Å². The van der Waals surface area contributed by atoms with E-state index in [1.165, 1.54) is 12.8 Å². The Bertz CT molecular complexity index is 432. The van der Waals surface area contributed by atoms with Gasteiger partial charge in [0.1, 0.15) is 17.8 Å². The van der Waals surface area contributed by atoms with E-state index in [0.717, 1.165) is 11.6 Å². The number of aromatic nitrogens is 3. The molecule has 0 unspecified atom stereocenters. The van der Waals surface area contributed by atoms with Gasteiger partial charge in [0.05, 0.1) is 13.2 Å². The van der Waals surface area contributed by atoms with E-state index in [0.29, 0.717) is 25.6 Å². The minimum Gasteiger partial charge on any atom is -0.395 e. The van der Waals surface area contributed by atoms with Crippen molar-refractivity contribution in [1.29, 1.82) is 0 Å². The van der Waals surface area contributed by atoms with Gasteiger partial charge in [-0.3, -0.25) is 4.90 Å². The fraction of sp³-hybridized carbons (Fsp3) is 0.833. The second kappa shape index (κ2) is 4.59. The van der Waals surface area contributed by atoms with E-state index in [4.69, 9.17) is 0 Å². The zero-order chi connectivity index (χ0) is 12.7. The Morgan fingerprint density at radius 3 is 2.83 bits per heavy atom. The monoisotopic (exact) mass is 254 g/mol. The average Bonchev–Trinajstić information content (AvgIpc) is 3.02. The van der Waals surface area contributed by atoms with Crippen LogP contribution in [-0.2, 0) is 6.54 Å². The number of hydrogen-bond donors (Lipinski definition) is 1. The minimum absolute atomic E-state index is 0.0109. The van der Waals surface area contributed by atoms with Crippen molar-refractivity contribution in [3.63, 3.8) is 0 Å². The molecule has 0 amide bonds. The Balaban J connectivity index is 1.76. The molecule has 5 nitrogen and oxygen atoms in total. The average molecular weight is 254 g/mol. The van der Waals surface area contributed by atoms with E-state index in [1.807, 2.05) is 11.8 Å². The molecule has 6 heteroatoms. The number of nitrogens with zero attached hydrogens (tertiary/aromatic N) is 4. The topological polar surface area (TPSA) is 54.2 Å². The number of hydrogen-bond acceptors (Lipinski definition) is 4. The Morgan fingerprint density at radius 1 is 1.39 bits per heavy atom. The summed E-state index contributed by atoms with van der Waals surface area (Å²) < 4.78 is 15.6. The molecular weight excluding hydrogens is 235 g/mol. The van der Waals surface area contributed by atoms with E-state index in [2.05, 4.69) is 14.8 Å². The summed E-state index contributed by atoms with van der Waals surface area (Å²) in [5.41, 5.74) is 0. The molecule has 0 spiro atoms. The summed E-state index contributed by atoms with van der Waals surface area (Å²) in [4.78, 5) is 1.98. The minimum atomic E-state index is -0.833. The van der Waals surface area contributed by atoms with Gasteiger partial charge in [0.15, 0.2) is 0 Å². The Morgan fingerprint density at radius 2 is 2.17 bits per heavy atom. The van der Waals surface area contributed by atoms with Gasteiger partial charge < -0.3 is 9.67 Å². The highest BCUT2D eigenvalue weighted by molar-refractivity contribution is 5.02. The van der Waals surface area contributed by atoms with Gasteiger partial charge in [-0.1, -0.05) is 0 Å². The van der Waals surface area contributed by atoms with Crippen molar-refractivity contribution in [2.75, 3.05) is 13.2 Å². The molecule has 1 aliphatic heterocycles. The molecule has 18 heavy (non-hydrogen) atoms. The molecule has 3 rings (SSSR count). The van der Waals surface area contributed by atoms with Crippen LogP contribution >= 0.6 is 0 Å². The van der Waals surface area contributed by atoms with Gasteiger partial charge >= 0.3 is 0 Å². The Hall–Kier alpha value is -1.01. The van der Waals surface area contributed by atoms with Crippen LogP contribution in [0.2, 0.25) is 0 Å². The highest BCUT2D eigenvalue weighted by atomic mass is 19.1. The van der Waals surface area contributed by atoms with Crippen LogP contribution in [0.5, 0.6) is 0 Å². The van der Waals surface area contributed by atoms with Crippen LogP contribution < -0.4 is 0 Å². The molecule has 100 valence electrons. The van der Waals surface area contributed by atoms with Crippen LogP contribution in [0.4, 0.5) is 4.39 Å². The summed E-state index contributed by atoms with van der Waals surface area (Å²) in [6, 6.07) is 0.455. The molecule has 0 aromatic carbocycles. The van der Waals surface area contributed by atoms with E-state index in [9.17, 15) is 9.50 Å². The molecule has 1 N–H and O–H groups in total. The lowest BCUT2D eigenvalue weighted by Crippen LogP contribution is -2.33. The molecule has 0 bridgehead atoms. The van der Waals surface area contributed by atoms with Gasteiger partial charge in [-0.15, -0.1) is 10.2 Å². The summed E-state index contributed by atoms with van der Waals surface area (Å²) in [5, 5.41) is 17.6. The first-order valence-electron chi connectivity index (χ1n) is 6.58. The second-order valence-corrected chi connectivity index (χ2v) is 5.36. The van der Waals surface area contributed by atoms with Gasteiger partial charge in [0, 0.05) is 18.6 Å². The Labute approximate surface area is 106 Å². The first-order chi connectivity index (χ1) is 8.69. The van der Waals surface area contributed by atoms with E-state index in [-0.39, 0.29) is 12.6 Å². The molecule has 0 radical (unpaired) electrons. The summed E-state index contributed by atoms with van der Waals surface area (Å²) >= 11 is 0. The zero-order valence-corrected chi connectivity index (χ0v) is 10.6. The molecule has 2 atom stereocenters. The molecule has 1 aromatic rings. The van der Waals surface area contributed by atoms with Crippen LogP contribution in [0.3, 0.4) is 0 Å². The largest absolute Gasteiger partial charge is 0.395 e. The van der Waals surface area contributed by atoms with Crippen molar-refractivity contribution < 1.29 is 9.50 Å². The number of rotatable bonds is 4. The number of likely N-dealkylation sites (tertiary alicyclic amines) is 1. The fourth-order valence-corrected chi connectivity index (χ4v) is 2.82. The molecule has 1 saturated carbocycles. The number of alkyl halides is 1. The van der Waals surface area contributed by atoms with Crippen LogP contribution in [0, 0.1) is 6.92 Å². The molecule has 1 saturated heterocycles. The van der Waals surface area contributed by atoms with Crippen molar-refractivity contribution >= 4 is 0 Å². The maximum absolute atomic E-state index is 13.4. The van der Waals surface area contributed by atoms with Crippen molar-refractivity contribution in [2.45, 2.75) is 51.0 Å². The van der Waals surface area contributed by atoms with E-state index < -0.39 is 6.17 Å². The van der Waals surface area contributed by atoms with Crippen LogP contribution in [-0.4, -0.2) is 50.1 Å². The molecule has 1 aromatic heterocycles. The molecule has 1 aliphatic carbocycles. The van der Waals surface area contributed by atoms with Crippen molar-refractivity contribution in [3.05, 3.63) is 11.6 Å². The predicted octanol–water partition coefficient (Wildman–Crippen LogP) is 0.826. The van der Waals surface area contributed by atoms with Crippen LogP contribution in [0.1, 0.15) is 37.0 Å². The summed E-state index contributed by atoms with van der Waals surface area (Å²) in [6.45, 7) is 2.95. The Kier molecular flexibility index (Phi) is 3.07. The summed E-state index contributed by atoms with van der Waals surface area (Å²) in [6.07, 6.45) is 1.95. The van der Waals surface area contributed by atoms with Crippen molar-refractivity contribution in [2.24, 2.45) is 0 Å². The van der Waals surface area contributed by atoms with Gasteiger partial charge in [-0.25, -0.2) is 4.39 Å². The van der Waals surface area contributed by atoms with Gasteiger partial charge in [-0.2, -0.15) is 0 Å². The smallest absolute Gasteiger partial charge is 0.147 e. The number of halogens is 1. The van der Waals surface area contributed by atoms with Crippen molar-refractivity contribution in [1.82, 2.24) is 19.7 Å². The number of aliphatic hydroxyl groups excluding tert-OH is 1. The molecule has 2 aliphatic rings. The quantitative estimate of drug-likeness (QED) is 0.864. The number of aliphatic hydroxyl groups is 1. The van der Waals surface area contributed by atoms with Gasteiger partial charge in [0.2, 0.25) is 0 Å². The summed E-state index contributed by atoms with van der Waals surface area (Å²) in [5.74, 6) is 1.84. The molecular formula is C12H19FN4O. The standard InChI is InChI=1S/C12H19FN4O/c1-8-14-15-12(17(8)10-2-3-10)6-16-5-9(13)4-11(16)7-18/h9-11,18H,2-7H2,1H3/t9-,11-/m0/s1. The third-order valence-electron chi connectivity index (χ3n) is 3.88. The number of aryl methyl sites for hydroxylation is 1. The lowest BCUT2D eigenvalue weighted by atomic mass is 10.2. The fourth-order valence-electron chi connectivity index (χ4n) is 2.82. The van der Waals surface area contributed by atoms with Crippen LogP contribution in [0.25, 0.3) is 0 Å². The highest BCUT2D eigenvalue weighted by Gasteiger charge is 2.34. The molecule has 2 heterocycles. The first-order valence-corrected chi connectivity index (χ1v) is 6.58. The van der Waals surface area contributed by atoms with Crippen LogP contribution in [0.15, 0.2) is 0 Å². The zero-order valence-electron chi connectivity index (χ0n) is 10.6. The third kappa shape index (κ3) is 2.14.